The zero-order valence-corrected chi connectivity index (χ0v) is 7.04. The van der Waals surface area contributed by atoms with E-state index < -0.39 is 0 Å². The van der Waals surface area contributed by atoms with E-state index in [0.717, 1.165) is 25.7 Å². The van der Waals surface area contributed by atoms with Gasteiger partial charge in [-0.3, -0.25) is 9.59 Å². The highest BCUT2D eigenvalue weighted by Crippen LogP contribution is 1.98. The van der Waals surface area contributed by atoms with E-state index >= 15 is 0 Å². The number of ether oxygens (including phenoxy) is 1. The summed E-state index contributed by atoms with van der Waals surface area (Å²) in [6.45, 7) is 1.64. The van der Waals surface area contributed by atoms with Crippen molar-refractivity contribution < 1.29 is 14.3 Å². The van der Waals surface area contributed by atoms with Gasteiger partial charge in [0, 0.05) is 6.54 Å². The standard InChI is InChI=1S/C8H14NO3/c10-7-9-5-3-1-2-4-6-12-8-11/h8H,1-6H2,(H,9,10). The smallest absolute Gasteiger partial charge is 0.309 e. The Morgan fingerprint density at radius 2 is 2.00 bits per heavy atom. The van der Waals surface area contributed by atoms with Crippen LogP contribution in [0.4, 0.5) is 0 Å². The van der Waals surface area contributed by atoms with E-state index in [1.807, 2.05) is 0 Å². The van der Waals surface area contributed by atoms with Crippen LogP contribution in [0.15, 0.2) is 0 Å². The molecule has 0 aliphatic carbocycles. The molecule has 1 radical (unpaired) electrons. The molecule has 0 saturated carbocycles. The van der Waals surface area contributed by atoms with E-state index in [4.69, 9.17) is 0 Å². The Morgan fingerprint density at radius 1 is 1.25 bits per heavy atom. The molecule has 69 valence electrons. The summed E-state index contributed by atoms with van der Waals surface area (Å²) in [5.41, 5.74) is 0. The van der Waals surface area contributed by atoms with Crippen LogP contribution >= 0.6 is 0 Å². The first kappa shape index (κ1) is 10.9. The fourth-order valence-corrected chi connectivity index (χ4v) is 0.851. The first-order chi connectivity index (χ1) is 5.91. The van der Waals surface area contributed by atoms with Gasteiger partial charge in [0.05, 0.1) is 6.61 Å². The zero-order chi connectivity index (χ0) is 9.07. The van der Waals surface area contributed by atoms with E-state index in [1.165, 1.54) is 0 Å². The molecular weight excluding hydrogens is 158 g/mol. The van der Waals surface area contributed by atoms with Crippen molar-refractivity contribution in [1.82, 2.24) is 5.32 Å². The fourth-order valence-electron chi connectivity index (χ4n) is 0.851. The van der Waals surface area contributed by atoms with Gasteiger partial charge < -0.3 is 10.1 Å². The van der Waals surface area contributed by atoms with Crippen LogP contribution < -0.4 is 5.32 Å². The van der Waals surface area contributed by atoms with Gasteiger partial charge in [-0.25, -0.2) is 0 Å². The quantitative estimate of drug-likeness (QED) is 0.311. The molecule has 0 aliphatic heterocycles. The highest BCUT2D eigenvalue weighted by molar-refractivity contribution is 5.46. The third kappa shape index (κ3) is 8.94. The van der Waals surface area contributed by atoms with Crippen LogP contribution in [0, 0.1) is 0 Å². The second kappa shape index (κ2) is 9.94. The Bertz CT molecular complexity index is 103. The Kier molecular flexibility index (Phi) is 9.06. The molecule has 0 heterocycles. The van der Waals surface area contributed by atoms with Gasteiger partial charge in [-0.1, -0.05) is 6.42 Å². The molecule has 1 N–H and O–H groups in total. The first-order valence-corrected chi connectivity index (χ1v) is 4.07. The third-order valence-corrected chi connectivity index (χ3v) is 1.45. The fraction of sp³-hybridized carbons (Fsp3) is 0.750. The van der Waals surface area contributed by atoms with Crippen LogP contribution in [0.2, 0.25) is 0 Å². The summed E-state index contributed by atoms with van der Waals surface area (Å²) in [4.78, 5) is 19.4. The van der Waals surface area contributed by atoms with Gasteiger partial charge in [0.25, 0.3) is 6.47 Å². The third-order valence-electron chi connectivity index (χ3n) is 1.45. The van der Waals surface area contributed by atoms with Gasteiger partial charge in [-0.15, -0.1) is 0 Å². The number of hydrogen-bond donors (Lipinski definition) is 1. The average Bonchev–Trinajstić information content (AvgIpc) is 2.10. The van der Waals surface area contributed by atoms with Crippen LogP contribution in [-0.4, -0.2) is 26.0 Å². The van der Waals surface area contributed by atoms with Crippen LogP contribution in [0.25, 0.3) is 0 Å². The SMILES string of the molecule is O=[C]NCCCCCCOC=O. The number of amides is 1. The number of rotatable bonds is 9. The highest BCUT2D eigenvalue weighted by Gasteiger charge is 1.89. The van der Waals surface area contributed by atoms with Crippen LogP contribution in [0.5, 0.6) is 0 Å². The maximum atomic E-state index is 9.70. The molecule has 0 spiro atoms. The molecule has 1 amide bonds. The summed E-state index contributed by atoms with van der Waals surface area (Å²) in [6.07, 6.45) is 5.52. The largest absolute Gasteiger partial charge is 0.468 e. The summed E-state index contributed by atoms with van der Waals surface area (Å²) >= 11 is 0. The number of nitrogens with one attached hydrogen (secondary N) is 1. The van der Waals surface area contributed by atoms with Crippen LogP contribution in [-0.2, 0) is 14.3 Å². The Labute approximate surface area is 72.3 Å². The molecule has 4 nitrogen and oxygen atoms in total. The monoisotopic (exact) mass is 172 g/mol. The molecule has 0 aromatic carbocycles. The molecule has 0 aromatic heterocycles. The van der Waals surface area contributed by atoms with Crippen LogP contribution in [0.3, 0.4) is 0 Å². The van der Waals surface area contributed by atoms with Crippen molar-refractivity contribution in [3.63, 3.8) is 0 Å². The van der Waals surface area contributed by atoms with E-state index in [0.29, 0.717) is 19.6 Å². The Balaban J connectivity index is 2.81. The van der Waals surface area contributed by atoms with Gasteiger partial charge >= 0.3 is 6.41 Å². The Hall–Kier alpha value is -1.06. The first-order valence-electron chi connectivity index (χ1n) is 4.07. The van der Waals surface area contributed by atoms with Crippen molar-refractivity contribution in [3.8, 4) is 0 Å². The molecule has 0 unspecified atom stereocenters. The summed E-state index contributed by atoms with van der Waals surface area (Å²) in [5.74, 6) is 0. The minimum Gasteiger partial charge on any atom is -0.468 e. The van der Waals surface area contributed by atoms with E-state index in [1.54, 1.807) is 6.41 Å². The summed E-state index contributed by atoms with van der Waals surface area (Å²) < 4.78 is 4.50. The average molecular weight is 172 g/mol. The molecule has 0 bridgehead atoms. The van der Waals surface area contributed by atoms with Crippen molar-refractivity contribution in [2.75, 3.05) is 13.2 Å². The Morgan fingerprint density at radius 3 is 2.67 bits per heavy atom. The molecule has 0 atom stereocenters. The lowest BCUT2D eigenvalue weighted by atomic mass is 10.2. The lowest BCUT2D eigenvalue weighted by Gasteiger charge is -1.99. The van der Waals surface area contributed by atoms with Gasteiger partial charge in [0.2, 0.25) is 0 Å². The topological polar surface area (TPSA) is 55.4 Å². The molecule has 12 heavy (non-hydrogen) atoms. The van der Waals surface area contributed by atoms with E-state index in [-0.39, 0.29) is 0 Å². The van der Waals surface area contributed by atoms with Crippen molar-refractivity contribution in [2.45, 2.75) is 25.7 Å². The molecule has 0 aliphatic rings. The van der Waals surface area contributed by atoms with Crippen molar-refractivity contribution >= 4 is 12.9 Å². The van der Waals surface area contributed by atoms with Crippen molar-refractivity contribution in [1.29, 1.82) is 0 Å². The van der Waals surface area contributed by atoms with Crippen molar-refractivity contribution in [3.05, 3.63) is 0 Å². The van der Waals surface area contributed by atoms with E-state index in [2.05, 4.69) is 10.1 Å². The minimum atomic E-state index is 0.461. The maximum absolute atomic E-state index is 9.70. The predicted octanol–water partition coefficient (Wildman–Crippen LogP) is 0.377. The molecule has 0 aromatic rings. The maximum Gasteiger partial charge on any atom is 0.309 e. The summed E-state index contributed by atoms with van der Waals surface area (Å²) in [7, 11) is 0. The van der Waals surface area contributed by atoms with Gasteiger partial charge in [-0.05, 0) is 19.3 Å². The van der Waals surface area contributed by atoms with Gasteiger partial charge in [0.15, 0.2) is 0 Å². The van der Waals surface area contributed by atoms with Gasteiger partial charge in [0.1, 0.15) is 0 Å². The molecule has 0 rings (SSSR count). The van der Waals surface area contributed by atoms with Gasteiger partial charge in [-0.2, -0.15) is 0 Å². The summed E-state index contributed by atoms with van der Waals surface area (Å²) in [6, 6.07) is 0. The lowest BCUT2D eigenvalue weighted by Crippen LogP contribution is -2.11. The van der Waals surface area contributed by atoms with E-state index in [9.17, 15) is 9.59 Å². The normalized spacial score (nSPS) is 9.00. The molecule has 0 fully saturated rings. The van der Waals surface area contributed by atoms with Crippen molar-refractivity contribution in [2.24, 2.45) is 0 Å². The predicted molar refractivity (Wildman–Crippen MR) is 44.2 cm³/mol. The number of unbranched alkanes of at least 4 members (excludes halogenated alkanes) is 3. The van der Waals surface area contributed by atoms with Crippen LogP contribution in [0.1, 0.15) is 25.7 Å². The second-order valence-corrected chi connectivity index (χ2v) is 2.41. The molecular formula is C8H14NO3. The number of hydrogen-bond acceptors (Lipinski definition) is 3. The highest BCUT2D eigenvalue weighted by atomic mass is 16.5. The minimum absolute atomic E-state index is 0.461. The zero-order valence-electron chi connectivity index (χ0n) is 7.04. The summed E-state index contributed by atoms with van der Waals surface area (Å²) in [5, 5.41) is 2.46. The molecule has 4 heteroatoms. The number of carbonyl (C=O) groups excluding carboxylic acids is 2. The molecule has 0 saturated heterocycles. The second-order valence-electron chi connectivity index (χ2n) is 2.41. The lowest BCUT2D eigenvalue weighted by molar-refractivity contribution is -0.128. The number of carbonyl (C=O) groups is 1.